The molecule has 2 unspecified atom stereocenters. The number of aliphatic hydroxyl groups excluding tert-OH is 1. The van der Waals surface area contributed by atoms with Gasteiger partial charge in [-0.2, -0.15) is 0 Å². The molecule has 0 aromatic heterocycles. The van der Waals surface area contributed by atoms with Crippen LogP contribution in [0.5, 0.6) is 5.75 Å². The van der Waals surface area contributed by atoms with Crippen LogP contribution in [0, 0.1) is 11.8 Å². The van der Waals surface area contributed by atoms with Gasteiger partial charge in [-0.25, -0.2) is 0 Å². The number of nitrogens with one attached hydrogen (secondary N) is 2. The molecule has 6 atom stereocenters. The van der Waals surface area contributed by atoms with Crippen molar-refractivity contribution in [3.05, 3.63) is 60.2 Å². The number of ether oxygens (including phenoxy) is 2. The lowest BCUT2D eigenvalue weighted by molar-refractivity contribution is -0.144. The van der Waals surface area contributed by atoms with Crippen molar-refractivity contribution in [3.63, 3.8) is 0 Å². The number of hydrogen-bond donors (Lipinski definition) is 3. The standard InChI is InChI=1S/C26H29N3O6/c1-27-23(31)20-19-12-13-26(35-19)21(20)25(33)29(18(14-30)15-6-4-3-5-7-15)22(26)24(32)28-16-8-10-17(34-2)11-9-16/h3-11,18-22,30H,12-14H2,1-2H3,(H,27,31)(H,28,32)/t18-,19+,20-,21+,22?,26?/m1/s1. The molecule has 2 aromatic rings. The van der Waals surface area contributed by atoms with Crippen LogP contribution in [0.15, 0.2) is 54.6 Å². The lowest BCUT2D eigenvalue weighted by Crippen LogP contribution is -2.54. The zero-order valence-electron chi connectivity index (χ0n) is 19.6. The van der Waals surface area contributed by atoms with Crippen LogP contribution in [0.2, 0.25) is 0 Å². The van der Waals surface area contributed by atoms with Gasteiger partial charge in [-0.15, -0.1) is 0 Å². The summed E-state index contributed by atoms with van der Waals surface area (Å²) in [5.41, 5.74) is 0.101. The lowest BCUT2D eigenvalue weighted by atomic mass is 9.70. The SMILES string of the molecule is CNC(=O)[C@@H]1[C@@H]2CCC3(O2)C(C(=O)Nc2ccc(OC)cc2)N([C@H](CO)c2ccccc2)C(=O)[C@H]13. The Kier molecular flexibility index (Phi) is 5.98. The summed E-state index contributed by atoms with van der Waals surface area (Å²) in [5.74, 6) is -1.87. The molecule has 1 spiro atoms. The van der Waals surface area contributed by atoms with E-state index in [-0.39, 0.29) is 18.4 Å². The molecule has 9 nitrogen and oxygen atoms in total. The number of amides is 3. The number of anilines is 1. The summed E-state index contributed by atoms with van der Waals surface area (Å²) in [6.45, 7) is -0.376. The van der Waals surface area contributed by atoms with Crippen molar-refractivity contribution in [2.45, 2.75) is 36.6 Å². The predicted octanol–water partition coefficient (Wildman–Crippen LogP) is 1.49. The molecule has 0 saturated carbocycles. The molecule has 3 amide bonds. The number of aliphatic hydroxyl groups is 1. The third-order valence-electron chi connectivity index (χ3n) is 7.59. The average Bonchev–Trinajstić information content (AvgIpc) is 3.53. The smallest absolute Gasteiger partial charge is 0.250 e. The zero-order chi connectivity index (χ0) is 24.7. The van der Waals surface area contributed by atoms with Crippen molar-refractivity contribution in [2.24, 2.45) is 11.8 Å². The van der Waals surface area contributed by atoms with Gasteiger partial charge >= 0.3 is 0 Å². The first-order valence-corrected chi connectivity index (χ1v) is 11.8. The molecule has 5 rings (SSSR count). The highest BCUT2D eigenvalue weighted by Gasteiger charge is 2.75. The van der Waals surface area contributed by atoms with Crippen molar-refractivity contribution < 1.29 is 29.0 Å². The first kappa shape index (κ1) is 23.3. The molecule has 2 bridgehead atoms. The van der Waals surface area contributed by atoms with E-state index in [9.17, 15) is 19.5 Å². The second-order valence-corrected chi connectivity index (χ2v) is 9.24. The fourth-order valence-corrected chi connectivity index (χ4v) is 6.11. The molecular formula is C26H29N3O6. The highest BCUT2D eigenvalue weighted by molar-refractivity contribution is 6.03. The third-order valence-corrected chi connectivity index (χ3v) is 7.59. The van der Waals surface area contributed by atoms with Crippen molar-refractivity contribution in [2.75, 3.05) is 26.1 Å². The minimum atomic E-state index is -1.14. The van der Waals surface area contributed by atoms with Crippen LogP contribution < -0.4 is 15.4 Å². The Morgan fingerprint density at radius 2 is 1.89 bits per heavy atom. The number of rotatable bonds is 7. The molecule has 3 N–H and O–H groups in total. The van der Waals surface area contributed by atoms with Gasteiger partial charge in [0.05, 0.1) is 37.7 Å². The quantitative estimate of drug-likeness (QED) is 0.554. The van der Waals surface area contributed by atoms with Gasteiger partial charge in [0.25, 0.3) is 0 Å². The topological polar surface area (TPSA) is 117 Å². The van der Waals surface area contributed by atoms with Crippen molar-refractivity contribution >= 4 is 23.4 Å². The first-order chi connectivity index (χ1) is 16.9. The summed E-state index contributed by atoms with van der Waals surface area (Å²) < 4.78 is 11.6. The molecular weight excluding hydrogens is 450 g/mol. The third kappa shape index (κ3) is 3.57. The fraction of sp³-hybridized carbons (Fsp3) is 0.423. The molecule has 3 saturated heterocycles. The maximum Gasteiger partial charge on any atom is 0.250 e. The number of carbonyl (C=O) groups is 3. The maximum absolute atomic E-state index is 14.0. The van der Waals surface area contributed by atoms with E-state index in [4.69, 9.17) is 9.47 Å². The Bertz CT molecular complexity index is 1120. The molecule has 3 heterocycles. The molecule has 3 aliphatic rings. The molecule has 184 valence electrons. The minimum absolute atomic E-state index is 0.272. The van der Waals surface area contributed by atoms with Gasteiger partial charge in [0.1, 0.15) is 17.4 Å². The Hall–Kier alpha value is -3.43. The van der Waals surface area contributed by atoms with Crippen LogP contribution in [-0.4, -0.2) is 66.2 Å². The van der Waals surface area contributed by atoms with Crippen molar-refractivity contribution in [1.82, 2.24) is 10.2 Å². The van der Waals surface area contributed by atoms with Gasteiger partial charge in [-0.05, 0) is 42.7 Å². The van der Waals surface area contributed by atoms with Gasteiger partial charge in [0.2, 0.25) is 17.7 Å². The van der Waals surface area contributed by atoms with Crippen molar-refractivity contribution in [3.8, 4) is 5.75 Å². The van der Waals surface area contributed by atoms with E-state index in [1.54, 1.807) is 31.4 Å². The summed E-state index contributed by atoms with van der Waals surface area (Å²) in [5, 5.41) is 16.0. The zero-order valence-corrected chi connectivity index (χ0v) is 19.6. The first-order valence-electron chi connectivity index (χ1n) is 11.8. The molecule has 2 aromatic carbocycles. The predicted molar refractivity (Wildman–Crippen MR) is 126 cm³/mol. The van der Waals surface area contributed by atoms with Gasteiger partial charge in [-0.3, -0.25) is 14.4 Å². The Balaban J connectivity index is 1.57. The van der Waals surface area contributed by atoms with Gasteiger partial charge < -0.3 is 30.1 Å². The minimum Gasteiger partial charge on any atom is -0.497 e. The van der Waals surface area contributed by atoms with Crippen LogP contribution in [0.25, 0.3) is 0 Å². The largest absolute Gasteiger partial charge is 0.497 e. The van der Waals surface area contributed by atoms with Crippen LogP contribution in [0.3, 0.4) is 0 Å². The van der Waals surface area contributed by atoms with Gasteiger partial charge in [-0.1, -0.05) is 30.3 Å². The van der Waals surface area contributed by atoms with Gasteiger partial charge in [0, 0.05) is 12.7 Å². The number of benzene rings is 2. The van der Waals surface area contributed by atoms with E-state index < -0.39 is 41.5 Å². The highest BCUT2D eigenvalue weighted by atomic mass is 16.5. The normalized spacial score (nSPS) is 29.6. The second-order valence-electron chi connectivity index (χ2n) is 9.24. The van der Waals surface area contributed by atoms with E-state index in [1.165, 1.54) is 11.9 Å². The van der Waals surface area contributed by atoms with E-state index in [1.807, 2.05) is 30.3 Å². The summed E-state index contributed by atoms with van der Waals surface area (Å²) in [7, 11) is 3.09. The number of likely N-dealkylation sites (tertiary alicyclic amines) is 1. The van der Waals surface area contributed by atoms with E-state index >= 15 is 0 Å². The number of nitrogens with zero attached hydrogens (tertiary/aromatic N) is 1. The summed E-state index contributed by atoms with van der Waals surface area (Å²) >= 11 is 0. The van der Waals surface area contributed by atoms with Crippen molar-refractivity contribution in [1.29, 1.82) is 0 Å². The average molecular weight is 480 g/mol. The number of fused-ring (bicyclic) bond motifs is 1. The summed E-state index contributed by atoms with van der Waals surface area (Å²) in [6, 6.07) is 14.2. The molecule has 0 aliphatic carbocycles. The molecule has 35 heavy (non-hydrogen) atoms. The monoisotopic (exact) mass is 479 g/mol. The molecule has 0 radical (unpaired) electrons. The lowest BCUT2D eigenvalue weighted by Gasteiger charge is -2.36. The fourth-order valence-electron chi connectivity index (χ4n) is 6.11. The van der Waals surface area contributed by atoms with E-state index in [0.29, 0.717) is 29.8 Å². The van der Waals surface area contributed by atoms with Crippen LogP contribution in [-0.2, 0) is 19.1 Å². The van der Waals surface area contributed by atoms with E-state index in [2.05, 4.69) is 10.6 Å². The Labute approximate surface area is 203 Å². The number of hydrogen-bond acceptors (Lipinski definition) is 6. The molecule has 3 fully saturated rings. The van der Waals surface area contributed by atoms with E-state index in [0.717, 1.165) is 0 Å². The van der Waals surface area contributed by atoms with Gasteiger partial charge in [0.15, 0.2) is 0 Å². The second kappa shape index (κ2) is 8.98. The summed E-state index contributed by atoms with van der Waals surface area (Å²) in [4.78, 5) is 42.1. The van der Waals surface area contributed by atoms with Crippen LogP contribution in [0.1, 0.15) is 24.4 Å². The molecule has 9 heteroatoms. The highest BCUT2D eigenvalue weighted by Crippen LogP contribution is 2.59. The number of carbonyl (C=O) groups excluding carboxylic acids is 3. The summed E-state index contributed by atoms with van der Waals surface area (Å²) in [6.07, 6.45) is 0.634. The maximum atomic E-state index is 14.0. The Morgan fingerprint density at radius 3 is 2.51 bits per heavy atom. The van der Waals surface area contributed by atoms with Crippen LogP contribution in [0.4, 0.5) is 5.69 Å². The Morgan fingerprint density at radius 1 is 1.17 bits per heavy atom. The molecule has 3 aliphatic heterocycles. The number of methoxy groups -OCH3 is 1. The van der Waals surface area contributed by atoms with Crippen LogP contribution >= 0.6 is 0 Å².